The van der Waals surface area contributed by atoms with E-state index in [9.17, 15) is 13.6 Å². The van der Waals surface area contributed by atoms with Crippen LogP contribution < -0.4 is 10.6 Å². The van der Waals surface area contributed by atoms with Crippen molar-refractivity contribution in [3.63, 3.8) is 0 Å². The predicted molar refractivity (Wildman–Crippen MR) is 98.9 cm³/mol. The summed E-state index contributed by atoms with van der Waals surface area (Å²) in [6, 6.07) is 19.8. The van der Waals surface area contributed by atoms with Crippen molar-refractivity contribution in [1.29, 1.82) is 0 Å². The first-order valence-electron chi connectivity index (χ1n) is 8.22. The Morgan fingerprint density at radius 3 is 1.88 bits per heavy atom. The first-order valence-corrected chi connectivity index (χ1v) is 8.22. The molecular weight excluding hydrogens is 334 g/mol. The van der Waals surface area contributed by atoms with Gasteiger partial charge in [0.05, 0.1) is 6.42 Å². The number of benzene rings is 3. The SMILES string of the molecule is O=C(Cc1ccccc1F)Nc1ccc(NCc2ccccc2F)cc1. The molecule has 0 aliphatic rings. The third-order valence-electron chi connectivity index (χ3n) is 3.92. The van der Waals surface area contributed by atoms with Gasteiger partial charge in [0.15, 0.2) is 0 Å². The van der Waals surface area contributed by atoms with Crippen LogP contribution in [0.3, 0.4) is 0 Å². The highest BCUT2D eigenvalue weighted by Crippen LogP contribution is 2.16. The summed E-state index contributed by atoms with van der Waals surface area (Å²) in [7, 11) is 0. The average molecular weight is 352 g/mol. The largest absolute Gasteiger partial charge is 0.381 e. The molecule has 0 saturated carbocycles. The van der Waals surface area contributed by atoms with Crippen molar-refractivity contribution in [2.45, 2.75) is 13.0 Å². The van der Waals surface area contributed by atoms with E-state index in [0.717, 1.165) is 5.69 Å². The highest BCUT2D eigenvalue weighted by Gasteiger charge is 2.08. The van der Waals surface area contributed by atoms with Crippen LogP contribution in [-0.2, 0) is 17.8 Å². The molecule has 3 rings (SSSR count). The van der Waals surface area contributed by atoms with E-state index >= 15 is 0 Å². The van der Waals surface area contributed by atoms with Gasteiger partial charge in [0.1, 0.15) is 11.6 Å². The van der Waals surface area contributed by atoms with Gasteiger partial charge < -0.3 is 10.6 Å². The summed E-state index contributed by atoms with van der Waals surface area (Å²) in [5.41, 5.74) is 2.35. The summed E-state index contributed by atoms with van der Waals surface area (Å²) in [5, 5.41) is 5.86. The Labute approximate surface area is 150 Å². The van der Waals surface area contributed by atoms with Crippen LogP contribution in [0.4, 0.5) is 20.2 Å². The standard InChI is InChI=1S/C21H18F2N2O/c22-19-7-3-1-5-15(19)13-21(26)25-18-11-9-17(10-12-18)24-14-16-6-2-4-8-20(16)23/h1-12,24H,13-14H2,(H,25,26). The first kappa shape index (κ1) is 17.6. The third-order valence-corrected chi connectivity index (χ3v) is 3.92. The van der Waals surface area contributed by atoms with Crippen LogP contribution in [0.15, 0.2) is 72.8 Å². The van der Waals surface area contributed by atoms with E-state index in [1.54, 1.807) is 60.7 Å². The quantitative estimate of drug-likeness (QED) is 0.672. The van der Waals surface area contributed by atoms with Crippen molar-refractivity contribution < 1.29 is 13.6 Å². The smallest absolute Gasteiger partial charge is 0.228 e. The number of amides is 1. The Hall–Kier alpha value is -3.21. The molecular formula is C21H18F2N2O. The van der Waals surface area contributed by atoms with Crippen LogP contribution in [0.2, 0.25) is 0 Å². The molecule has 0 atom stereocenters. The van der Waals surface area contributed by atoms with Crippen molar-refractivity contribution >= 4 is 17.3 Å². The zero-order valence-corrected chi connectivity index (χ0v) is 14.0. The summed E-state index contributed by atoms with van der Waals surface area (Å²) in [6.45, 7) is 0.367. The third kappa shape index (κ3) is 4.66. The van der Waals surface area contributed by atoms with Gasteiger partial charge in [0.25, 0.3) is 0 Å². The fourth-order valence-corrected chi connectivity index (χ4v) is 2.53. The number of rotatable bonds is 6. The van der Waals surface area contributed by atoms with E-state index in [-0.39, 0.29) is 18.1 Å². The van der Waals surface area contributed by atoms with Crippen LogP contribution in [0.1, 0.15) is 11.1 Å². The molecule has 0 unspecified atom stereocenters. The second-order valence-electron chi connectivity index (χ2n) is 5.84. The van der Waals surface area contributed by atoms with E-state index in [1.165, 1.54) is 12.1 Å². The summed E-state index contributed by atoms with van der Waals surface area (Å²) < 4.78 is 27.2. The average Bonchev–Trinajstić information content (AvgIpc) is 2.64. The molecule has 0 spiro atoms. The molecule has 0 bridgehead atoms. The normalized spacial score (nSPS) is 10.4. The Morgan fingerprint density at radius 1 is 0.731 bits per heavy atom. The molecule has 1 amide bonds. The van der Waals surface area contributed by atoms with Gasteiger partial charge in [-0.2, -0.15) is 0 Å². The Kier molecular flexibility index (Phi) is 5.59. The number of halogens is 2. The first-order chi connectivity index (χ1) is 12.6. The Bertz CT molecular complexity index is 895. The van der Waals surface area contributed by atoms with Crippen LogP contribution in [0.5, 0.6) is 0 Å². The summed E-state index contributed by atoms with van der Waals surface area (Å²) in [4.78, 5) is 12.0. The number of nitrogens with one attached hydrogen (secondary N) is 2. The van der Waals surface area contributed by atoms with Gasteiger partial charge in [0.2, 0.25) is 5.91 Å². The molecule has 26 heavy (non-hydrogen) atoms. The summed E-state index contributed by atoms with van der Waals surface area (Å²) >= 11 is 0. The fraction of sp³-hybridized carbons (Fsp3) is 0.0952. The maximum atomic E-state index is 13.6. The molecule has 0 aromatic heterocycles. The molecule has 0 aliphatic carbocycles. The van der Waals surface area contributed by atoms with E-state index in [0.29, 0.717) is 23.4 Å². The lowest BCUT2D eigenvalue weighted by molar-refractivity contribution is -0.115. The van der Waals surface area contributed by atoms with Gasteiger partial charge in [-0.3, -0.25) is 4.79 Å². The van der Waals surface area contributed by atoms with Crippen LogP contribution in [-0.4, -0.2) is 5.91 Å². The van der Waals surface area contributed by atoms with Gasteiger partial charge in [-0.25, -0.2) is 8.78 Å². The highest BCUT2D eigenvalue weighted by atomic mass is 19.1. The predicted octanol–water partition coefficient (Wildman–Crippen LogP) is 4.76. The molecule has 3 aromatic rings. The zero-order valence-electron chi connectivity index (χ0n) is 14.0. The van der Waals surface area contributed by atoms with Gasteiger partial charge in [-0.05, 0) is 42.0 Å². The maximum Gasteiger partial charge on any atom is 0.228 e. The monoisotopic (exact) mass is 352 g/mol. The molecule has 0 aliphatic heterocycles. The summed E-state index contributed by atoms with van der Waals surface area (Å²) in [6.07, 6.45) is -0.0278. The minimum absolute atomic E-state index is 0.0278. The minimum Gasteiger partial charge on any atom is -0.381 e. The molecule has 5 heteroatoms. The van der Waals surface area contributed by atoms with Gasteiger partial charge in [0, 0.05) is 23.5 Å². The van der Waals surface area contributed by atoms with Crippen LogP contribution in [0.25, 0.3) is 0 Å². The number of carbonyl (C=O) groups excluding carboxylic acids is 1. The molecule has 132 valence electrons. The van der Waals surface area contributed by atoms with Crippen molar-refractivity contribution in [1.82, 2.24) is 0 Å². The van der Waals surface area contributed by atoms with Gasteiger partial charge >= 0.3 is 0 Å². The number of anilines is 2. The topological polar surface area (TPSA) is 41.1 Å². The molecule has 3 aromatic carbocycles. The van der Waals surface area contributed by atoms with Crippen LogP contribution in [0, 0.1) is 11.6 Å². The number of hydrogen-bond donors (Lipinski definition) is 2. The number of hydrogen-bond acceptors (Lipinski definition) is 2. The fourth-order valence-electron chi connectivity index (χ4n) is 2.53. The van der Waals surface area contributed by atoms with Crippen molar-refractivity contribution in [2.24, 2.45) is 0 Å². The lowest BCUT2D eigenvalue weighted by atomic mass is 10.1. The van der Waals surface area contributed by atoms with Gasteiger partial charge in [-0.15, -0.1) is 0 Å². The molecule has 0 saturated heterocycles. The van der Waals surface area contributed by atoms with E-state index in [4.69, 9.17) is 0 Å². The second kappa shape index (κ2) is 8.25. The lowest BCUT2D eigenvalue weighted by Crippen LogP contribution is -2.15. The van der Waals surface area contributed by atoms with Crippen molar-refractivity contribution in [3.8, 4) is 0 Å². The Morgan fingerprint density at radius 2 is 1.27 bits per heavy atom. The van der Waals surface area contributed by atoms with Crippen molar-refractivity contribution in [3.05, 3.63) is 95.6 Å². The number of carbonyl (C=O) groups is 1. The van der Waals surface area contributed by atoms with Crippen molar-refractivity contribution in [2.75, 3.05) is 10.6 Å². The molecule has 2 N–H and O–H groups in total. The molecule has 3 nitrogen and oxygen atoms in total. The van der Waals surface area contributed by atoms with E-state index in [1.807, 2.05) is 0 Å². The Balaban J connectivity index is 1.55. The van der Waals surface area contributed by atoms with Crippen LogP contribution >= 0.6 is 0 Å². The van der Waals surface area contributed by atoms with Gasteiger partial charge in [-0.1, -0.05) is 36.4 Å². The highest BCUT2D eigenvalue weighted by molar-refractivity contribution is 5.92. The van der Waals surface area contributed by atoms with E-state index in [2.05, 4.69) is 10.6 Å². The summed E-state index contributed by atoms with van der Waals surface area (Å²) in [5.74, 6) is -0.936. The second-order valence-corrected chi connectivity index (χ2v) is 5.84. The molecule has 0 radical (unpaired) electrons. The molecule has 0 heterocycles. The van der Waals surface area contributed by atoms with E-state index < -0.39 is 5.82 Å². The minimum atomic E-state index is -0.393. The zero-order chi connectivity index (χ0) is 18.4. The molecule has 0 fully saturated rings. The lowest BCUT2D eigenvalue weighted by Gasteiger charge is -2.09. The maximum absolute atomic E-state index is 13.6.